The number of nitrogens with one attached hydrogen (secondary N) is 1. The molecule has 0 unspecified atom stereocenters. The van der Waals surface area contributed by atoms with Crippen molar-refractivity contribution in [2.75, 3.05) is 6.61 Å². The number of para-hydroxylation sites is 1. The van der Waals surface area contributed by atoms with Crippen molar-refractivity contribution in [1.29, 1.82) is 0 Å². The SMILES string of the molecule is Cc1cccc(-c2nn(-c3ccccc3)cc2/C=N/NC(=O)COc2cccc(Cl)c2)c1. The maximum Gasteiger partial charge on any atom is 0.277 e. The van der Waals surface area contributed by atoms with Gasteiger partial charge in [0, 0.05) is 22.3 Å². The van der Waals surface area contributed by atoms with Crippen LogP contribution >= 0.6 is 11.6 Å². The van der Waals surface area contributed by atoms with Gasteiger partial charge in [0.15, 0.2) is 6.61 Å². The lowest BCUT2D eigenvalue weighted by Gasteiger charge is -2.05. The van der Waals surface area contributed by atoms with Crippen LogP contribution in [0.15, 0.2) is 90.2 Å². The number of aryl methyl sites for hydroxylation is 1. The van der Waals surface area contributed by atoms with Crippen LogP contribution < -0.4 is 10.2 Å². The smallest absolute Gasteiger partial charge is 0.277 e. The molecule has 1 amide bonds. The van der Waals surface area contributed by atoms with Gasteiger partial charge in [0.05, 0.1) is 11.9 Å². The molecule has 4 aromatic rings. The highest BCUT2D eigenvalue weighted by Crippen LogP contribution is 2.23. The third-order valence-corrected chi connectivity index (χ3v) is 4.85. The third kappa shape index (κ3) is 5.42. The summed E-state index contributed by atoms with van der Waals surface area (Å²) >= 11 is 5.92. The molecule has 0 fully saturated rings. The topological polar surface area (TPSA) is 68.5 Å². The van der Waals surface area contributed by atoms with Gasteiger partial charge in [0.2, 0.25) is 0 Å². The van der Waals surface area contributed by atoms with Crippen molar-refractivity contribution in [2.45, 2.75) is 6.92 Å². The predicted octanol–water partition coefficient (Wildman–Crippen LogP) is 5.03. The molecule has 1 aromatic heterocycles. The van der Waals surface area contributed by atoms with Crippen LogP contribution in [0.2, 0.25) is 5.02 Å². The highest BCUT2D eigenvalue weighted by Gasteiger charge is 2.11. The fourth-order valence-electron chi connectivity index (χ4n) is 3.12. The van der Waals surface area contributed by atoms with E-state index in [0.29, 0.717) is 10.8 Å². The van der Waals surface area contributed by atoms with E-state index >= 15 is 0 Å². The van der Waals surface area contributed by atoms with Gasteiger partial charge in [-0.1, -0.05) is 59.6 Å². The molecule has 0 bridgehead atoms. The molecule has 160 valence electrons. The van der Waals surface area contributed by atoms with E-state index in [4.69, 9.17) is 21.4 Å². The fraction of sp³-hybridized carbons (Fsp3) is 0.0800. The third-order valence-electron chi connectivity index (χ3n) is 4.61. The summed E-state index contributed by atoms with van der Waals surface area (Å²) in [6, 6.07) is 24.8. The van der Waals surface area contributed by atoms with E-state index in [1.54, 1.807) is 35.2 Å². The molecule has 0 saturated heterocycles. The first-order chi connectivity index (χ1) is 15.6. The summed E-state index contributed by atoms with van der Waals surface area (Å²) in [6.45, 7) is 1.86. The normalized spacial score (nSPS) is 10.9. The number of benzene rings is 3. The Morgan fingerprint density at radius 1 is 1.09 bits per heavy atom. The lowest BCUT2D eigenvalue weighted by atomic mass is 10.1. The number of amides is 1. The van der Waals surface area contributed by atoms with Gasteiger partial charge in [-0.3, -0.25) is 4.79 Å². The minimum absolute atomic E-state index is 0.175. The molecule has 1 heterocycles. The van der Waals surface area contributed by atoms with Crippen molar-refractivity contribution in [3.8, 4) is 22.7 Å². The molecule has 0 radical (unpaired) electrons. The van der Waals surface area contributed by atoms with E-state index in [-0.39, 0.29) is 12.5 Å². The van der Waals surface area contributed by atoms with Gasteiger partial charge in [-0.05, 0) is 43.3 Å². The van der Waals surface area contributed by atoms with Crippen molar-refractivity contribution in [3.63, 3.8) is 0 Å². The summed E-state index contributed by atoms with van der Waals surface area (Å²) < 4.78 is 7.23. The van der Waals surface area contributed by atoms with Crippen molar-refractivity contribution >= 4 is 23.7 Å². The predicted molar refractivity (Wildman–Crippen MR) is 126 cm³/mol. The minimum atomic E-state index is -0.381. The standard InChI is InChI=1S/C25H21ClN4O2/c1-18-7-5-8-19(13-18)25-20(16-30(29-25)22-10-3-2-4-11-22)15-27-28-24(31)17-32-23-12-6-9-21(26)14-23/h2-16H,17H2,1H3,(H,28,31)/b27-15+. The molecule has 0 aliphatic rings. The Morgan fingerprint density at radius 2 is 1.91 bits per heavy atom. The summed E-state index contributed by atoms with van der Waals surface area (Å²) in [5.41, 5.74) is 7.06. The van der Waals surface area contributed by atoms with Gasteiger partial charge in [-0.25, -0.2) is 10.1 Å². The van der Waals surface area contributed by atoms with Gasteiger partial charge in [-0.2, -0.15) is 10.2 Å². The Hall–Kier alpha value is -3.90. The zero-order valence-electron chi connectivity index (χ0n) is 17.4. The molecule has 0 spiro atoms. The molecular weight excluding hydrogens is 424 g/mol. The van der Waals surface area contributed by atoms with Crippen LogP contribution in [-0.4, -0.2) is 28.5 Å². The van der Waals surface area contributed by atoms with Crippen LogP contribution in [0.25, 0.3) is 16.9 Å². The first kappa shape index (κ1) is 21.3. The van der Waals surface area contributed by atoms with Crippen molar-refractivity contribution in [1.82, 2.24) is 15.2 Å². The van der Waals surface area contributed by atoms with E-state index < -0.39 is 0 Å². The molecule has 32 heavy (non-hydrogen) atoms. The largest absolute Gasteiger partial charge is 0.484 e. The number of aromatic nitrogens is 2. The van der Waals surface area contributed by atoms with Crippen molar-refractivity contribution in [2.24, 2.45) is 5.10 Å². The van der Waals surface area contributed by atoms with Crippen LogP contribution in [0.4, 0.5) is 0 Å². The summed E-state index contributed by atoms with van der Waals surface area (Å²) in [6.07, 6.45) is 3.46. The number of carbonyl (C=O) groups excluding carboxylic acids is 1. The fourth-order valence-corrected chi connectivity index (χ4v) is 3.30. The average Bonchev–Trinajstić information content (AvgIpc) is 3.23. The van der Waals surface area contributed by atoms with Crippen LogP contribution in [0, 0.1) is 6.92 Å². The lowest BCUT2D eigenvalue weighted by molar-refractivity contribution is -0.123. The van der Waals surface area contributed by atoms with Gasteiger partial charge >= 0.3 is 0 Å². The quantitative estimate of drug-likeness (QED) is 0.321. The summed E-state index contributed by atoms with van der Waals surface area (Å²) in [5, 5.41) is 9.39. The van der Waals surface area contributed by atoms with Gasteiger partial charge in [0.25, 0.3) is 5.91 Å². The molecule has 0 saturated carbocycles. The second kappa shape index (κ2) is 9.94. The number of ether oxygens (including phenoxy) is 1. The monoisotopic (exact) mass is 444 g/mol. The summed E-state index contributed by atoms with van der Waals surface area (Å²) in [5.74, 6) is 0.135. The first-order valence-electron chi connectivity index (χ1n) is 10.0. The Morgan fingerprint density at radius 3 is 2.69 bits per heavy atom. The number of hydrogen-bond donors (Lipinski definition) is 1. The molecular formula is C25H21ClN4O2. The van der Waals surface area contributed by atoms with Gasteiger partial charge < -0.3 is 4.74 Å². The number of rotatable bonds is 7. The molecule has 3 aromatic carbocycles. The van der Waals surface area contributed by atoms with Gasteiger partial charge in [0.1, 0.15) is 11.4 Å². The molecule has 0 atom stereocenters. The maximum atomic E-state index is 12.1. The maximum absolute atomic E-state index is 12.1. The Balaban J connectivity index is 1.50. The van der Waals surface area contributed by atoms with Gasteiger partial charge in [-0.15, -0.1) is 0 Å². The molecule has 0 aliphatic carbocycles. The zero-order chi connectivity index (χ0) is 22.3. The highest BCUT2D eigenvalue weighted by molar-refractivity contribution is 6.30. The number of halogens is 1. The minimum Gasteiger partial charge on any atom is -0.484 e. The number of carbonyl (C=O) groups is 1. The van der Waals surface area contributed by atoms with Crippen molar-refractivity contribution in [3.05, 3.63) is 101 Å². The molecule has 6 nitrogen and oxygen atoms in total. The summed E-state index contributed by atoms with van der Waals surface area (Å²) in [7, 11) is 0. The second-order valence-electron chi connectivity index (χ2n) is 7.12. The van der Waals surface area contributed by atoms with Crippen molar-refractivity contribution < 1.29 is 9.53 Å². The van der Waals surface area contributed by atoms with Crippen LogP contribution in [0.5, 0.6) is 5.75 Å². The van der Waals surface area contributed by atoms with Crippen LogP contribution in [0.3, 0.4) is 0 Å². The molecule has 0 aliphatic heterocycles. The van der Waals surface area contributed by atoms with E-state index in [9.17, 15) is 4.79 Å². The van der Waals surface area contributed by atoms with Crippen LogP contribution in [-0.2, 0) is 4.79 Å². The summed E-state index contributed by atoms with van der Waals surface area (Å²) in [4.78, 5) is 12.1. The Bertz CT molecular complexity index is 1250. The second-order valence-corrected chi connectivity index (χ2v) is 7.56. The lowest BCUT2D eigenvalue weighted by Crippen LogP contribution is -2.24. The molecule has 4 rings (SSSR count). The highest BCUT2D eigenvalue weighted by atomic mass is 35.5. The number of hydrogen-bond acceptors (Lipinski definition) is 4. The van der Waals surface area contributed by atoms with E-state index in [1.165, 1.54) is 0 Å². The van der Waals surface area contributed by atoms with Crippen LogP contribution in [0.1, 0.15) is 11.1 Å². The number of hydrazone groups is 1. The molecule has 7 heteroatoms. The number of nitrogens with zero attached hydrogens (tertiary/aromatic N) is 3. The first-order valence-corrected chi connectivity index (χ1v) is 10.4. The Labute approximate surface area is 191 Å². The van der Waals surface area contributed by atoms with E-state index in [0.717, 1.165) is 28.1 Å². The van der Waals surface area contributed by atoms with E-state index in [1.807, 2.05) is 61.7 Å². The zero-order valence-corrected chi connectivity index (χ0v) is 18.2. The molecule has 1 N–H and O–H groups in total. The Kier molecular flexibility index (Phi) is 6.63. The van der Waals surface area contributed by atoms with E-state index in [2.05, 4.69) is 16.6 Å². The average molecular weight is 445 g/mol.